The SMILES string of the molecule is CCN(CC)c1nc(N)nc(NC(CCO)C(C)(C)C)n1. The summed E-state index contributed by atoms with van der Waals surface area (Å²) in [4.78, 5) is 14.8. The van der Waals surface area contributed by atoms with Gasteiger partial charge in [0.1, 0.15) is 0 Å². The highest BCUT2D eigenvalue weighted by atomic mass is 16.3. The van der Waals surface area contributed by atoms with Crippen molar-refractivity contribution in [2.45, 2.75) is 47.1 Å². The molecular formula is C14H28N6O. The van der Waals surface area contributed by atoms with Crippen molar-refractivity contribution in [3.8, 4) is 0 Å². The van der Waals surface area contributed by atoms with Crippen LogP contribution in [-0.4, -0.2) is 45.8 Å². The zero-order valence-corrected chi connectivity index (χ0v) is 13.7. The molecule has 4 N–H and O–H groups in total. The summed E-state index contributed by atoms with van der Waals surface area (Å²) in [5, 5.41) is 12.5. The molecule has 0 radical (unpaired) electrons. The number of hydrogen-bond acceptors (Lipinski definition) is 7. The number of aromatic nitrogens is 3. The van der Waals surface area contributed by atoms with Crippen LogP contribution in [0.5, 0.6) is 0 Å². The molecule has 1 unspecified atom stereocenters. The van der Waals surface area contributed by atoms with E-state index in [-0.39, 0.29) is 24.0 Å². The van der Waals surface area contributed by atoms with Crippen molar-refractivity contribution < 1.29 is 5.11 Å². The summed E-state index contributed by atoms with van der Waals surface area (Å²) in [6.45, 7) is 12.1. The normalized spacial score (nSPS) is 13.0. The van der Waals surface area contributed by atoms with Crippen LogP contribution in [0.2, 0.25) is 0 Å². The van der Waals surface area contributed by atoms with Crippen LogP contribution >= 0.6 is 0 Å². The first-order valence-corrected chi connectivity index (χ1v) is 7.45. The summed E-state index contributed by atoms with van der Waals surface area (Å²) >= 11 is 0. The molecule has 0 bridgehead atoms. The molecule has 0 aliphatic carbocycles. The number of nitrogens with zero attached hydrogens (tertiary/aromatic N) is 4. The molecule has 0 aliphatic heterocycles. The third kappa shape index (κ3) is 5.00. The van der Waals surface area contributed by atoms with Gasteiger partial charge < -0.3 is 21.1 Å². The summed E-state index contributed by atoms with van der Waals surface area (Å²) in [6.07, 6.45) is 0.621. The monoisotopic (exact) mass is 296 g/mol. The minimum atomic E-state index is -0.0283. The second-order valence-electron chi connectivity index (χ2n) is 6.06. The number of rotatable bonds is 7. The Balaban J connectivity index is 3.01. The van der Waals surface area contributed by atoms with Crippen molar-refractivity contribution in [2.24, 2.45) is 5.41 Å². The van der Waals surface area contributed by atoms with Crippen molar-refractivity contribution in [3.05, 3.63) is 0 Å². The van der Waals surface area contributed by atoms with Gasteiger partial charge in [0, 0.05) is 25.7 Å². The molecule has 0 saturated carbocycles. The average molecular weight is 296 g/mol. The highest BCUT2D eigenvalue weighted by Gasteiger charge is 2.25. The van der Waals surface area contributed by atoms with Crippen molar-refractivity contribution in [1.82, 2.24) is 15.0 Å². The standard InChI is InChI=1S/C14H28N6O/c1-6-20(7-2)13-18-11(15)17-12(19-13)16-10(8-9-21)14(3,4)5/h10,21H,6-9H2,1-5H3,(H3,15,16,17,18,19). The molecule has 0 fully saturated rings. The van der Waals surface area contributed by atoms with E-state index in [9.17, 15) is 5.11 Å². The lowest BCUT2D eigenvalue weighted by atomic mass is 9.85. The molecule has 0 saturated heterocycles. The van der Waals surface area contributed by atoms with Gasteiger partial charge in [-0.1, -0.05) is 20.8 Å². The van der Waals surface area contributed by atoms with Crippen LogP contribution in [0.3, 0.4) is 0 Å². The number of anilines is 3. The molecule has 0 aromatic carbocycles. The predicted octanol–water partition coefficient (Wildman–Crippen LogP) is 1.51. The molecule has 7 heteroatoms. The molecule has 21 heavy (non-hydrogen) atoms. The van der Waals surface area contributed by atoms with Gasteiger partial charge in [-0.05, 0) is 25.7 Å². The smallest absolute Gasteiger partial charge is 0.231 e. The fourth-order valence-electron chi connectivity index (χ4n) is 2.10. The molecule has 1 atom stereocenters. The Bertz CT molecular complexity index is 442. The highest BCUT2D eigenvalue weighted by molar-refractivity contribution is 5.42. The van der Waals surface area contributed by atoms with Gasteiger partial charge in [-0.15, -0.1) is 0 Å². The first kappa shape index (κ1) is 17.4. The molecule has 1 heterocycles. The fourth-order valence-corrected chi connectivity index (χ4v) is 2.10. The van der Waals surface area contributed by atoms with Crippen LogP contribution in [0.4, 0.5) is 17.8 Å². The molecule has 0 aliphatic rings. The van der Waals surface area contributed by atoms with Crippen LogP contribution in [0.15, 0.2) is 0 Å². The second-order valence-corrected chi connectivity index (χ2v) is 6.06. The Kier molecular flexibility index (Phi) is 6.14. The molecular weight excluding hydrogens is 268 g/mol. The van der Waals surface area contributed by atoms with E-state index in [0.29, 0.717) is 18.3 Å². The van der Waals surface area contributed by atoms with Gasteiger partial charge in [0.05, 0.1) is 0 Å². The third-order valence-corrected chi connectivity index (χ3v) is 3.45. The summed E-state index contributed by atoms with van der Waals surface area (Å²) in [5.74, 6) is 1.23. The number of aliphatic hydroxyl groups excluding tert-OH is 1. The van der Waals surface area contributed by atoms with Gasteiger partial charge >= 0.3 is 0 Å². The van der Waals surface area contributed by atoms with Crippen molar-refractivity contribution >= 4 is 17.8 Å². The van der Waals surface area contributed by atoms with Gasteiger partial charge in [0.15, 0.2) is 0 Å². The van der Waals surface area contributed by atoms with E-state index < -0.39 is 0 Å². The summed E-state index contributed by atoms with van der Waals surface area (Å²) in [5.41, 5.74) is 5.76. The van der Waals surface area contributed by atoms with Gasteiger partial charge in [-0.25, -0.2) is 0 Å². The topological polar surface area (TPSA) is 100 Å². The number of nitrogen functional groups attached to an aromatic ring is 1. The summed E-state index contributed by atoms with van der Waals surface area (Å²) < 4.78 is 0. The largest absolute Gasteiger partial charge is 0.396 e. The molecule has 0 amide bonds. The van der Waals surface area contributed by atoms with Crippen molar-refractivity contribution in [1.29, 1.82) is 0 Å². The van der Waals surface area contributed by atoms with Crippen LogP contribution < -0.4 is 16.0 Å². The van der Waals surface area contributed by atoms with Crippen LogP contribution in [0.1, 0.15) is 41.0 Å². The Hall–Kier alpha value is -1.63. The third-order valence-electron chi connectivity index (χ3n) is 3.45. The highest BCUT2D eigenvalue weighted by Crippen LogP contribution is 2.25. The van der Waals surface area contributed by atoms with Crippen LogP contribution in [-0.2, 0) is 0 Å². The van der Waals surface area contributed by atoms with E-state index >= 15 is 0 Å². The number of nitrogens with two attached hydrogens (primary N) is 1. The Morgan fingerprint density at radius 3 is 2.29 bits per heavy atom. The van der Waals surface area contributed by atoms with Crippen LogP contribution in [0.25, 0.3) is 0 Å². The molecule has 1 aromatic heterocycles. The van der Waals surface area contributed by atoms with Gasteiger partial charge in [-0.2, -0.15) is 15.0 Å². The molecule has 7 nitrogen and oxygen atoms in total. The zero-order chi connectivity index (χ0) is 16.0. The van der Waals surface area contributed by atoms with Crippen molar-refractivity contribution in [2.75, 3.05) is 35.6 Å². The lowest BCUT2D eigenvalue weighted by Crippen LogP contribution is -2.36. The number of aliphatic hydroxyl groups is 1. The van der Waals surface area contributed by atoms with Crippen LogP contribution in [0, 0.1) is 5.41 Å². The quantitative estimate of drug-likeness (QED) is 0.701. The first-order valence-electron chi connectivity index (χ1n) is 7.45. The Labute approximate surface area is 127 Å². The predicted molar refractivity (Wildman–Crippen MR) is 86.4 cm³/mol. The van der Waals surface area contributed by atoms with E-state index in [4.69, 9.17) is 5.73 Å². The molecule has 0 spiro atoms. The lowest BCUT2D eigenvalue weighted by molar-refractivity contribution is 0.235. The number of nitrogens with one attached hydrogen (secondary N) is 1. The lowest BCUT2D eigenvalue weighted by Gasteiger charge is -2.31. The fraction of sp³-hybridized carbons (Fsp3) is 0.786. The maximum Gasteiger partial charge on any atom is 0.231 e. The van der Waals surface area contributed by atoms with E-state index in [1.165, 1.54) is 0 Å². The summed E-state index contributed by atoms with van der Waals surface area (Å²) in [6, 6.07) is 0.0499. The number of hydrogen-bond donors (Lipinski definition) is 3. The van der Waals surface area contributed by atoms with Gasteiger partial charge in [-0.3, -0.25) is 0 Å². The van der Waals surface area contributed by atoms with E-state index in [2.05, 4.69) is 41.0 Å². The van der Waals surface area contributed by atoms with E-state index in [0.717, 1.165) is 13.1 Å². The first-order chi connectivity index (χ1) is 9.81. The zero-order valence-electron chi connectivity index (χ0n) is 13.7. The van der Waals surface area contributed by atoms with Gasteiger partial charge in [0.25, 0.3) is 0 Å². The van der Waals surface area contributed by atoms with E-state index in [1.54, 1.807) is 0 Å². The van der Waals surface area contributed by atoms with E-state index in [1.807, 2.05) is 18.7 Å². The molecule has 1 rings (SSSR count). The maximum atomic E-state index is 9.23. The van der Waals surface area contributed by atoms with Gasteiger partial charge in [0.2, 0.25) is 17.8 Å². The minimum Gasteiger partial charge on any atom is -0.396 e. The molecule has 120 valence electrons. The minimum absolute atomic E-state index is 0.0283. The Morgan fingerprint density at radius 1 is 1.19 bits per heavy atom. The average Bonchev–Trinajstić information content (AvgIpc) is 2.38. The second kappa shape index (κ2) is 7.40. The van der Waals surface area contributed by atoms with Crippen molar-refractivity contribution in [3.63, 3.8) is 0 Å². The summed E-state index contributed by atoms with van der Waals surface area (Å²) in [7, 11) is 0. The Morgan fingerprint density at radius 2 is 1.81 bits per heavy atom. The maximum absolute atomic E-state index is 9.23. The molecule has 1 aromatic rings.